The first kappa shape index (κ1) is 18.8. The van der Waals surface area contributed by atoms with Gasteiger partial charge in [0.15, 0.2) is 12.7 Å². The predicted molar refractivity (Wildman–Crippen MR) is 71.1 cm³/mol. The fraction of sp³-hybridized carbons (Fsp3) is 0.429. The van der Waals surface area contributed by atoms with Crippen molar-refractivity contribution < 1.29 is 42.1 Å². The largest absolute Gasteiger partial charge is 0.482 e. The zero-order valence-corrected chi connectivity index (χ0v) is 12.1. The molecule has 1 aromatic carbocycles. The van der Waals surface area contributed by atoms with Crippen LogP contribution in [0.2, 0.25) is 0 Å². The van der Waals surface area contributed by atoms with Crippen LogP contribution in [0.1, 0.15) is 5.56 Å². The number of benzene rings is 1. The Morgan fingerprint density at radius 2 is 1.83 bits per heavy atom. The van der Waals surface area contributed by atoms with Crippen molar-refractivity contribution >= 4 is 11.9 Å². The Morgan fingerprint density at radius 3 is 2.30 bits per heavy atom. The summed E-state index contributed by atoms with van der Waals surface area (Å²) in [5.74, 6) is -1.78. The summed E-state index contributed by atoms with van der Waals surface area (Å²) < 4.78 is 50.4. The van der Waals surface area contributed by atoms with Crippen molar-refractivity contribution in [1.29, 1.82) is 0 Å². The van der Waals surface area contributed by atoms with Gasteiger partial charge in [0.05, 0.1) is 7.11 Å². The molecule has 0 fully saturated rings. The number of halogens is 3. The Labute approximate surface area is 129 Å². The van der Waals surface area contributed by atoms with Crippen molar-refractivity contribution in [2.24, 2.45) is 0 Å². The molecule has 0 spiro atoms. The number of carboxylic acids is 1. The minimum absolute atomic E-state index is 0.123. The SMILES string of the molecule is COC(=O)C(Cc1ccc(OCC(=O)O)cc1)OCC(F)(F)F. The number of hydrogen-bond acceptors (Lipinski definition) is 5. The van der Waals surface area contributed by atoms with E-state index in [1.165, 1.54) is 24.3 Å². The lowest BCUT2D eigenvalue weighted by atomic mass is 10.1. The molecule has 1 N–H and O–H groups in total. The van der Waals surface area contributed by atoms with E-state index in [9.17, 15) is 22.8 Å². The van der Waals surface area contributed by atoms with E-state index in [0.29, 0.717) is 5.56 Å². The van der Waals surface area contributed by atoms with Crippen LogP contribution in [-0.2, 0) is 25.5 Å². The summed E-state index contributed by atoms with van der Waals surface area (Å²) in [6.07, 6.45) is -6.07. The first-order valence-corrected chi connectivity index (χ1v) is 6.41. The van der Waals surface area contributed by atoms with Crippen molar-refractivity contribution in [2.45, 2.75) is 18.7 Å². The van der Waals surface area contributed by atoms with Gasteiger partial charge < -0.3 is 19.3 Å². The van der Waals surface area contributed by atoms with Crippen LogP contribution in [0.3, 0.4) is 0 Å². The standard InChI is InChI=1S/C14H15F3O6/c1-21-13(20)11(23-8-14(15,16)17)6-9-2-4-10(5-3-9)22-7-12(18)19/h2-5,11H,6-8H2,1H3,(H,18,19). The van der Waals surface area contributed by atoms with Crippen LogP contribution >= 0.6 is 0 Å². The van der Waals surface area contributed by atoms with Gasteiger partial charge >= 0.3 is 18.1 Å². The number of rotatable bonds is 8. The van der Waals surface area contributed by atoms with Gasteiger partial charge in [0.1, 0.15) is 12.4 Å². The van der Waals surface area contributed by atoms with Gasteiger partial charge in [-0.2, -0.15) is 13.2 Å². The summed E-state index contributed by atoms with van der Waals surface area (Å²) in [4.78, 5) is 21.8. The van der Waals surface area contributed by atoms with Gasteiger partial charge in [0, 0.05) is 6.42 Å². The number of alkyl halides is 3. The molecule has 0 radical (unpaired) electrons. The van der Waals surface area contributed by atoms with Gasteiger partial charge in [-0.15, -0.1) is 0 Å². The lowest BCUT2D eigenvalue weighted by Crippen LogP contribution is -2.32. The molecule has 0 amide bonds. The van der Waals surface area contributed by atoms with Crippen molar-refractivity contribution in [2.75, 3.05) is 20.3 Å². The molecule has 1 aromatic rings. The Balaban J connectivity index is 2.67. The summed E-state index contributed by atoms with van der Waals surface area (Å²) in [6.45, 7) is -2.08. The van der Waals surface area contributed by atoms with E-state index in [4.69, 9.17) is 9.84 Å². The Hall–Kier alpha value is -2.29. The fourth-order valence-corrected chi connectivity index (χ4v) is 1.62. The number of esters is 1. The minimum atomic E-state index is -4.55. The van der Waals surface area contributed by atoms with Crippen LogP contribution in [0, 0.1) is 0 Å². The zero-order chi connectivity index (χ0) is 17.5. The van der Waals surface area contributed by atoms with Crippen LogP contribution in [0.15, 0.2) is 24.3 Å². The van der Waals surface area contributed by atoms with Gasteiger partial charge in [0.2, 0.25) is 0 Å². The third-order valence-electron chi connectivity index (χ3n) is 2.62. The first-order valence-electron chi connectivity index (χ1n) is 6.41. The third kappa shape index (κ3) is 7.50. The monoisotopic (exact) mass is 336 g/mol. The first-order chi connectivity index (χ1) is 10.7. The van der Waals surface area contributed by atoms with E-state index < -0.39 is 37.4 Å². The molecule has 23 heavy (non-hydrogen) atoms. The quantitative estimate of drug-likeness (QED) is 0.729. The van der Waals surface area contributed by atoms with Crippen molar-refractivity contribution in [3.05, 3.63) is 29.8 Å². The number of carboxylic acid groups (broad SMARTS) is 1. The van der Waals surface area contributed by atoms with Crippen molar-refractivity contribution in [3.8, 4) is 5.75 Å². The van der Waals surface area contributed by atoms with E-state index in [1.54, 1.807) is 0 Å². The number of ether oxygens (including phenoxy) is 3. The second-order valence-corrected chi connectivity index (χ2v) is 4.47. The van der Waals surface area contributed by atoms with Crippen LogP contribution in [-0.4, -0.2) is 49.6 Å². The third-order valence-corrected chi connectivity index (χ3v) is 2.62. The second kappa shape index (κ2) is 8.37. The average molecular weight is 336 g/mol. The number of carbonyl (C=O) groups excluding carboxylic acids is 1. The molecule has 6 nitrogen and oxygen atoms in total. The smallest absolute Gasteiger partial charge is 0.411 e. The second-order valence-electron chi connectivity index (χ2n) is 4.47. The zero-order valence-electron chi connectivity index (χ0n) is 12.1. The molecule has 0 aliphatic rings. The molecule has 1 unspecified atom stereocenters. The summed E-state index contributed by atoms with van der Waals surface area (Å²) in [5, 5.41) is 8.48. The number of methoxy groups -OCH3 is 1. The molecule has 1 atom stereocenters. The van der Waals surface area contributed by atoms with Gasteiger partial charge in [-0.3, -0.25) is 0 Å². The minimum Gasteiger partial charge on any atom is -0.482 e. The molecule has 1 rings (SSSR count). The van der Waals surface area contributed by atoms with Crippen LogP contribution < -0.4 is 4.74 Å². The molecule has 9 heteroatoms. The normalized spacial score (nSPS) is 12.5. The van der Waals surface area contributed by atoms with E-state index in [0.717, 1.165) is 7.11 Å². The molecule has 0 saturated heterocycles. The van der Waals surface area contributed by atoms with E-state index >= 15 is 0 Å². The lowest BCUT2D eigenvalue weighted by Gasteiger charge is -2.17. The fourth-order valence-electron chi connectivity index (χ4n) is 1.62. The topological polar surface area (TPSA) is 82.1 Å². The van der Waals surface area contributed by atoms with Crippen LogP contribution in [0.5, 0.6) is 5.75 Å². The summed E-state index contributed by atoms with van der Waals surface area (Å²) in [7, 11) is 1.05. The number of aliphatic carboxylic acids is 1. The van der Waals surface area contributed by atoms with Crippen LogP contribution in [0.4, 0.5) is 13.2 Å². The highest BCUT2D eigenvalue weighted by Crippen LogP contribution is 2.18. The van der Waals surface area contributed by atoms with Crippen molar-refractivity contribution in [3.63, 3.8) is 0 Å². The predicted octanol–water partition coefficient (Wildman–Crippen LogP) is 1.81. The van der Waals surface area contributed by atoms with E-state index in [-0.39, 0.29) is 12.2 Å². The molecule has 0 aliphatic heterocycles. The van der Waals surface area contributed by atoms with Crippen LogP contribution in [0.25, 0.3) is 0 Å². The number of carbonyl (C=O) groups is 2. The summed E-state index contributed by atoms with van der Waals surface area (Å²) in [6, 6.07) is 5.86. The highest BCUT2D eigenvalue weighted by molar-refractivity contribution is 5.75. The lowest BCUT2D eigenvalue weighted by molar-refractivity contribution is -0.193. The molecule has 0 bridgehead atoms. The van der Waals surface area contributed by atoms with Crippen molar-refractivity contribution in [1.82, 2.24) is 0 Å². The Kier molecular flexibility index (Phi) is 6.83. The summed E-state index contributed by atoms with van der Waals surface area (Å²) >= 11 is 0. The molecular formula is C14H15F3O6. The van der Waals surface area contributed by atoms with Gasteiger partial charge in [-0.05, 0) is 17.7 Å². The molecule has 0 saturated carbocycles. The van der Waals surface area contributed by atoms with Gasteiger partial charge in [-0.1, -0.05) is 12.1 Å². The van der Waals surface area contributed by atoms with Gasteiger partial charge in [-0.25, -0.2) is 9.59 Å². The highest BCUT2D eigenvalue weighted by Gasteiger charge is 2.31. The maximum atomic E-state index is 12.2. The highest BCUT2D eigenvalue weighted by atomic mass is 19.4. The van der Waals surface area contributed by atoms with E-state index in [2.05, 4.69) is 9.47 Å². The van der Waals surface area contributed by atoms with E-state index in [1.807, 2.05) is 0 Å². The Bertz CT molecular complexity index is 526. The molecule has 0 heterocycles. The summed E-state index contributed by atoms with van der Waals surface area (Å²) in [5.41, 5.74) is 0.505. The maximum absolute atomic E-state index is 12.2. The Morgan fingerprint density at radius 1 is 1.22 bits per heavy atom. The molecule has 0 aliphatic carbocycles. The molecular weight excluding hydrogens is 321 g/mol. The number of hydrogen-bond donors (Lipinski definition) is 1. The van der Waals surface area contributed by atoms with Gasteiger partial charge in [0.25, 0.3) is 0 Å². The average Bonchev–Trinajstić information content (AvgIpc) is 2.48. The maximum Gasteiger partial charge on any atom is 0.411 e. The molecule has 128 valence electrons. The molecule has 0 aromatic heterocycles.